The van der Waals surface area contributed by atoms with Gasteiger partial charge in [0, 0.05) is 12.4 Å². The molecule has 2 amide bonds. The lowest BCUT2D eigenvalue weighted by Crippen LogP contribution is -2.30. The summed E-state index contributed by atoms with van der Waals surface area (Å²) >= 11 is 5.65. The summed E-state index contributed by atoms with van der Waals surface area (Å²) in [6, 6.07) is 7.08. The molecule has 0 fully saturated rings. The lowest BCUT2D eigenvalue weighted by atomic mass is 10.1. The molecule has 1 aromatic rings. The van der Waals surface area contributed by atoms with E-state index in [0.717, 1.165) is 25.1 Å². The summed E-state index contributed by atoms with van der Waals surface area (Å²) in [5, 5.41) is 0. The van der Waals surface area contributed by atoms with Crippen molar-refractivity contribution in [3.05, 3.63) is 35.4 Å². The van der Waals surface area contributed by atoms with E-state index in [-0.39, 0.29) is 11.8 Å². The van der Waals surface area contributed by atoms with Crippen LogP contribution in [0.25, 0.3) is 0 Å². The Morgan fingerprint density at radius 1 is 0.696 bits per heavy atom. The van der Waals surface area contributed by atoms with Crippen LogP contribution in [0.3, 0.4) is 0 Å². The number of alkyl halides is 1. The molecule has 1 aromatic carbocycles. The van der Waals surface area contributed by atoms with Crippen molar-refractivity contribution < 1.29 is 9.59 Å². The minimum atomic E-state index is -0.134. The summed E-state index contributed by atoms with van der Waals surface area (Å²) in [7, 11) is 0. The number of hydrogen-bond donors (Lipinski definition) is 0. The molecule has 0 radical (unpaired) electrons. The third kappa shape index (κ3) is 5.07. The second-order valence-corrected chi connectivity index (χ2v) is 6.56. The first kappa shape index (κ1) is 18.0. The predicted molar refractivity (Wildman–Crippen MR) is 94.1 cm³/mol. The van der Waals surface area contributed by atoms with Crippen molar-refractivity contribution in [2.24, 2.45) is 0 Å². The first-order valence-corrected chi connectivity index (χ1v) is 9.30. The van der Waals surface area contributed by atoms with E-state index in [0.29, 0.717) is 17.7 Å². The van der Waals surface area contributed by atoms with E-state index in [2.05, 4.69) is 0 Å². The number of carbonyl (C=O) groups is 2. The van der Waals surface area contributed by atoms with E-state index < -0.39 is 0 Å². The zero-order chi connectivity index (χ0) is 16.5. The summed E-state index contributed by atoms with van der Waals surface area (Å²) in [6.45, 7) is 0.544. The van der Waals surface area contributed by atoms with E-state index in [1.165, 1.54) is 43.4 Å². The van der Waals surface area contributed by atoms with Crippen LogP contribution in [0.15, 0.2) is 24.3 Å². The first-order chi connectivity index (χ1) is 11.3. The van der Waals surface area contributed by atoms with E-state index in [9.17, 15) is 9.59 Å². The number of benzene rings is 1. The smallest absolute Gasteiger partial charge is 0.261 e. The first-order valence-electron chi connectivity index (χ1n) is 8.77. The highest BCUT2D eigenvalue weighted by molar-refractivity contribution is 6.21. The summed E-state index contributed by atoms with van der Waals surface area (Å²) in [5.41, 5.74) is 1.10. The number of nitrogens with zero attached hydrogens (tertiary/aromatic N) is 1. The molecule has 0 bridgehead atoms. The van der Waals surface area contributed by atoms with Crippen LogP contribution in [0.2, 0.25) is 0 Å². The average molecular weight is 336 g/mol. The zero-order valence-electron chi connectivity index (χ0n) is 13.7. The fraction of sp³-hybridized carbons (Fsp3) is 0.579. The van der Waals surface area contributed by atoms with Gasteiger partial charge in [0.05, 0.1) is 11.1 Å². The van der Waals surface area contributed by atoms with Crippen LogP contribution >= 0.6 is 11.6 Å². The number of hydrogen-bond acceptors (Lipinski definition) is 2. The normalized spacial score (nSPS) is 13.7. The maximum Gasteiger partial charge on any atom is 0.261 e. The molecular formula is C19H26ClNO2. The molecule has 1 heterocycles. The van der Waals surface area contributed by atoms with Crippen LogP contribution in [0, 0.1) is 0 Å². The molecule has 0 atom stereocenters. The van der Waals surface area contributed by atoms with Crippen molar-refractivity contribution in [2.45, 2.75) is 57.8 Å². The second-order valence-electron chi connectivity index (χ2n) is 6.18. The van der Waals surface area contributed by atoms with E-state index in [1.807, 2.05) is 0 Å². The van der Waals surface area contributed by atoms with Crippen molar-refractivity contribution in [3.8, 4) is 0 Å². The van der Waals surface area contributed by atoms with Gasteiger partial charge in [-0.1, -0.05) is 57.1 Å². The Morgan fingerprint density at radius 3 is 1.61 bits per heavy atom. The fourth-order valence-electron chi connectivity index (χ4n) is 3.04. The molecule has 2 rings (SSSR count). The molecular weight excluding hydrogens is 310 g/mol. The maximum atomic E-state index is 12.2. The lowest BCUT2D eigenvalue weighted by molar-refractivity contribution is 0.0651. The molecule has 0 aliphatic carbocycles. The van der Waals surface area contributed by atoms with Crippen LogP contribution in [0.4, 0.5) is 0 Å². The number of halogens is 1. The van der Waals surface area contributed by atoms with Gasteiger partial charge in [-0.3, -0.25) is 14.5 Å². The van der Waals surface area contributed by atoms with Crippen molar-refractivity contribution in [1.82, 2.24) is 4.90 Å². The molecule has 0 saturated heterocycles. The Bertz CT molecular complexity index is 495. The molecule has 0 saturated carbocycles. The third-order valence-electron chi connectivity index (χ3n) is 4.39. The van der Waals surface area contributed by atoms with Gasteiger partial charge in [-0.05, 0) is 25.0 Å². The quantitative estimate of drug-likeness (QED) is 0.323. The molecule has 1 aliphatic rings. The van der Waals surface area contributed by atoms with Crippen LogP contribution in [0.5, 0.6) is 0 Å². The number of imide groups is 1. The van der Waals surface area contributed by atoms with E-state index in [4.69, 9.17) is 11.6 Å². The van der Waals surface area contributed by atoms with Gasteiger partial charge in [-0.2, -0.15) is 0 Å². The van der Waals surface area contributed by atoms with Gasteiger partial charge in [0.15, 0.2) is 0 Å². The van der Waals surface area contributed by atoms with Gasteiger partial charge in [0.25, 0.3) is 11.8 Å². The highest BCUT2D eigenvalue weighted by Gasteiger charge is 2.34. The lowest BCUT2D eigenvalue weighted by Gasteiger charge is -2.13. The van der Waals surface area contributed by atoms with Crippen LogP contribution in [-0.2, 0) is 0 Å². The SMILES string of the molecule is O=C1c2ccccc2C(=O)N1CCCCCCCCCCCCl. The van der Waals surface area contributed by atoms with Gasteiger partial charge in [0.1, 0.15) is 0 Å². The molecule has 4 heteroatoms. The topological polar surface area (TPSA) is 37.4 Å². The maximum absolute atomic E-state index is 12.2. The Kier molecular flexibility index (Phi) is 7.60. The van der Waals surface area contributed by atoms with Crippen molar-refractivity contribution >= 4 is 23.4 Å². The molecule has 23 heavy (non-hydrogen) atoms. The Balaban J connectivity index is 1.57. The summed E-state index contributed by atoms with van der Waals surface area (Å²) in [6.07, 6.45) is 10.6. The largest absolute Gasteiger partial charge is 0.274 e. The van der Waals surface area contributed by atoms with E-state index >= 15 is 0 Å². The van der Waals surface area contributed by atoms with Crippen LogP contribution in [-0.4, -0.2) is 29.1 Å². The fourth-order valence-corrected chi connectivity index (χ4v) is 3.23. The molecule has 3 nitrogen and oxygen atoms in total. The third-order valence-corrected chi connectivity index (χ3v) is 4.66. The summed E-state index contributed by atoms with van der Waals surface area (Å²) in [5.74, 6) is 0.507. The highest BCUT2D eigenvalue weighted by atomic mass is 35.5. The van der Waals surface area contributed by atoms with Crippen molar-refractivity contribution in [1.29, 1.82) is 0 Å². The number of unbranched alkanes of at least 4 members (excludes halogenated alkanes) is 8. The zero-order valence-corrected chi connectivity index (χ0v) is 14.5. The van der Waals surface area contributed by atoms with Crippen molar-refractivity contribution in [2.75, 3.05) is 12.4 Å². The minimum absolute atomic E-state index is 0.134. The number of amides is 2. The Labute approximate surface area is 144 Å². The number of fused-ring (bicyclic) bond motifs is 1. The van der Waals surface area contributed by atoms with Crippen LogP contribution < -0.4 is 0 Å². The number of carbonyl (C=O) groups excluding carboxylic acids is 2. The highest BCUT2D eigenvalue weighted by Crippen LogP contribution is 2.22. The molecule has 0 N–H and O–H groups in total. The summed E-state index contributed by atoms with van der Waals surface area (Å²) in [4.78, 5) is 25.8. The standard InChI is InChI=1S/C19H26ClNO2/c20-14-10-6-4-2-1-3-5-7-11-15-21-18(22)16-12-8-9-13-17(16)19(21)23/h8-9,12-13H,1-7,10-11,14-15H2. The van der Waals surface area contributed by atoms with Gasteiger partial charge in [-0.15, -0.1) is 11.6 Å². The van der Waals surface area contributed by atoms with Gasteiger partial charge in [-0.25, -0.2) is 0 Å². The molecule has 0 aromatic heterocycles. The molecule has 0 unspecified atom stereocenters. The molecule has 1 aliphatic heterocycles. The minimum Gasteiger partial charge on any atom is -0.274 e. The van der Waals surface area contributed by atoms with Crippen molar-refractivity contribution in [3.63, 3.8) is 0 Å². The van der Waals surface area contributed by atoms with E-state index in [1.54, 1.807) is 24.3 Å². The Hall–Kier alpha value is -1.35. The van der Waals surface area contributed by atoms with Gasteiger partial charge < -0.3 is 0 Å². The molecule has 126 valence electrons. The van der Waals surface area contributed by atoms with Gasteiger partial charge >= 0.3 is 0 Å². The predicted octanol–water partition coefficient (Wildman–Crippen LogP) is 5.03. The monoisotopic (exact) mass is 335 g/mol. The Morgan fingerprint density at radius 2 is 1.13 bits per heavy atom. The number of rotatable bonds is 11. The average Bonchev–Trinajstić information content (AvgIpc) is 2.81. The second kappa shape index (κ2) is 9.71. The molecule has 0 spiro atoms. The van der Waals surface area contributed by atoms with Crippen LogP contribution in [0.1, 0.15) is 78.5 Å². The van der Waals surface area contributed by atoms with Gasteiger partial charge in [0.2, 0.25) is 0 Å². The summed E-state index contributed by atoms with van der Waals surface area (Å²) < 4.78 is 0.